The second kappa shape index (κ2) is 8.88. The van der Waals surface area contributed by atoms with Gasteiger partial charge in [0.2, 0.25) is 11.8 Å². The zero-order chi connectivity index (χ0) is 20.0. The molecule has 1 aromatic rings. The number of nitro benzene ring substituents is 1. The molecule has 0 aliphatic carbocycles. The van der Waals surface area contributed by atoms with Crippen LogP contribution in [0.25, 0.3) is 0 Å². The normalized spacial score (nSPS) is 12.7. The summed E-state index contributed by atoms with van der Waals surface area (Å²) in [5, 5.41) is 16.1. The standard InChI is InChI=1S/C17H20N4O6/c1-2-14(22)18-7-8-19-15(23)4-3-9-20-16(24)12-6-5-11(21(26)27)10-13(12)17(20)25/h5-6,10H,2-4,7-9H2,1H3,(H,18,22)(H,19,23). The second-order valence-electron chi connectivity index (χ2n) is 5.91. The largest absolute Gasteiger partial charge is 0.354 e. The number of nitrogens with zero attached hydrogens (tertiary/aromatic N) is 2. The van der Waals surface area contributed by atoms with Gasteiger partial charge in [-0.15, -0.1) is 0 Å². The predicted molar refractivity (Wildman–Crippen MR) is 94.0 cm³/mol. The van der Waals surface area contributed by atoms with Crippen molar-refractivity contribution in [3.8, 4) is 0 Å². The third-order valence-corrected chi connectivity index (χ3v) is 4.04. The number of nitro groups is 1. The SMILES string of the molecule is CCC(=O)NCCNC(=O)CCCN1C(=O)c2ccc([N+](=O)[O-])cc2C1=O. The molecular weight excluding hydrogens is 356 g/mol. The molecule has 0 saturated carbocycles. The Balaban J connectivity index is 1.80. The van der Waals surface area contributed by atoms with E-state index in [2.05, 4.69) is 10.6 Å². The number of hydrogen-bond donors (Lipinski definition) is 2. The van der Waals surface area contributed by atoms with Gasteiger partial charge < -0.3 is 10.6 Å². The number of amides is 4. The lowest BCUT2D eigenvalue weighted by atomic mass is 10.1. The fraction of sp³-hybridized carbons (Fsp3) is 0.412. The number of rotatable bonds is 9. The van der Waals surface area contributed by atoms with Gasteiger partial charge >= 0.3 is 0 Å². The van der Waals surface area contributed by atoms with Crippen molar-refractivity contribution in [1.82, 2.24) is 15.5 Å². The van der Waals surface area contributed by atoms with Crippen molar-refractivity contribution < 1.29 is 24.1 Å². The van der Waals surface area contributed by atoms with Crippen LogP contribution in [-0.4, -0.2) is 53.1 Å². The third kappa shape index (κ3) is 4.87. The first-order valence-corrected chi connectivity index (χ1v) is 8.53. The number of nitrogens with one attached hydrogen (secondary N) is 2. The molecule has 2 rings (SSSR count). The van der Waals surface area contributed by atoms with Gasteiger partial charge in [-0.1, -0.05) is 6.92 Å². The molecule has 1 aliphatic heterocycles. The van der Waals surface area contributed by atoms with Crippen molar-refractivity contribution in [3.05, 3.63) is 39.4 Å². The quantitative estimate of drug-likeness (QED) is 0.280. The average Bonchev–Trinajstić information content (AvgIpc) is 2.89. The van der Waals surface area contributed by atoms with Gasteiger partial charge in [0.1, 0.15) is 0 Å². The van der Waals surface area contributed by atoms with Crippen LogP contribution in [0.2, 0.25) is 0 Å². The fourth-order valence-corrected chi connectivity index (χ4v) is 2.61. The molecule has 4 amide bonds. The van der Waals surface area contributed by atoms with E-state index < -0.39 is 16.7 Å². The van der Waals surface area contributed by atoms with E-state index in [1.165, 1.54) is 12.1 Å². The maximum absolute atomic E-state index is 12.3. The molecule has 144 valence electrons. The van der Waals surface area contributed by atoms with Crippen molar-refractivity contribution in [2.24, 2.45) is 0 Å². The Labute approximate surface area is 155 Å². The minimum Gasteiger partial charge on any atom is -0.354 e. The smallest absolute Gasteiger partial charge is 0.270 e. The number of carbonyl (C=O) groups is 4. The van der Waals surface area contributed by atoms with Crippen LogP contribution in [-0.2, 0) is 9.59 Å². The van der Waals surface area contributed by atoms with Crippen molar-refractivity contribution in [1.29, 1.82) is 0 Å². The van der Waals surface area contributed by atoms with Crippen LogP contribution in [0, 0.1) is 10.1 Å². The Morgan fingerprint density at radius 3 is 2.33 bits per heavy atom. The number of hydrogen-bond acceptors (Lipinski definition) is 6. The van der Waals surface area contributed by atoms with Crippen molar-refractivity contribution in [2.45, 2.75) is 26.2 Å². The molecule has 10 nitrogen and oxygen atoms in total. The first kappa shape index (κ1) is 20.0. The Morgan fingerprint density at radius 2 is 1.70 bits per heavy atom. The zero-order valence-corrected chi connectivity index (χ0v) is 14.8. The average molecular weight is 376 g/mol. The highest BCUT2D eigenvalue weighted by Crippen LogP contribution is 2.26. The van der Waals surface area contributed by atoms with Crippen LogP contribution in [0.4, 0.5) is 5.69 Å². The van der Waals surface area contributed by atoms with E-state index in [0.717, 1.165) is 11.0 Å². The van der Waals surface area contributed by atoms with Crippen molar-refractivity contribution in [2.75, 3.05) is 19.6 Å². The lowest BCUT2D eigenvalue weighted by Gasteiger charge is -2.13. The molecule has 10 heteroatoms. The molecule has 0 radical (unpaired) electrons. The summed E-state index contributed by atoms with van der Waals surface area (Å²) in [4.78, 5) is 58.5. The summed E-state index contributed by atoms with van der Waals surface area (Å²) < 4.78 is 0. The Bertz CT molecular complexity index is 792. The summed E-state index contributed by atoms with van der Waals surface area (Å²) >= 11 is 0. The lowest BCUT2D eigenvalue weighted by molar-refractivity contribution is -0.384. The van der Waals surface area contributed by atoms with Gasteiger partial charge in [-0.05, 0) is 12.5 Å². The van der Waals surface area contributed by atoms with Crippen molar-refractivity contribution in [3.63, 3.8) is 0 Å². The number of imide groups is 1. The van der Waals surface area contributed by atoms with E-state index in [4.69, 9.17) is 0 Å². The second-order valence-corrected chi connectivity index (χ2v) is 5.91. The van der Waals surface area contributed by atoms with Gasteiger partial charge in [0.25, 0.3) is 17.5 Å². The monoisotopic (exact) mass is 376 g/mol. The lowest BCUT2D eigenvalue weighted by Crippen LogP contribution is -2.35. The highest BCUT2D eigenvalue weighted by Gasteiger charge is 2.36. The predicted octanol–water partition coefficient (Wildman–Crippen LogP) is 0.613. The summed E-state index contributed by atoms with van der Waals surface area (Å²) in [5.41, 5.74) is -0.127. The van der Waals surface area contributed by atoms with Gasteiger partial charge in [0.05, 0.1) is 16.1 Å². The van der Waals surface area contributed by atoms with Gasteiger partial charge in [0, 0.05) is 44.6 Å². The van der Waals surface area contributed by atoms with Gasteiger partial charge in [-0.25, -0.2) is 0 Å². The number of non-ortho nitro benzene ring substituents is 1. The Kier molecular flexibility index (Phi) is 6.58. The first-order chi connectivity index (χ1) is 12.8. The number of carbonyl (C=O) groups excluding carboxylic acids is 4. The van der Waals surface area contributed by atoms with Gasteiger partial charge in [-0.2, -0.15) is 0 Å². The maximum Gasteiger partial charge on any atom is 0.270 e. The molecule has 0 saturated heterocycles. The summed E-state index contributed by atoms with van der Waals surface area (Å²) in [7, 11) is 0. The summed E-state index contributed by atoms with van der Waals surface area (Å²) in [6, 6.07) is 3.54. The highest BCUT2D eigenvalue weighted by molar-refractivity contribution is 6.21. The molecule has 0 aromatic heterocycles. The van der Waals surface area contributed by atoms with Crippen LogP contribution < -0.4 is 10.6 Å². The van der Waals surface area contributed by atoms with E-state index in [0.29, 0.717) is 19.5 Å². The van der Waals surface area contributed by atoms with E-state index in [1.54, 1.807) is 6.92 Å². The Hall–Kier alpha value is -3.30. The third-order valence-electron chi connectivity index (χ3n) is 4.04. The molecular formula is C17H20N4O6. The van der Waals surface area contributed by atoms with E-state index in [1.807, 2.05) is 0 Å². The first-order valence-electron chi connectivity index (χ1n) is 8.53. The molecule has 0 atom stereocenters. The maximum atomic E-state index is 12.3. The van der Waals surface area contributed by atoms with E-state index in [9.17, 15) is 29.3 Å². The molecule has 2 N–H and O–H groups in total. The van der Waals surface area contributed by atoms with Gasteiger partial charge in [0.15, 0.2) is 0 Å². The van der Waals surface area contributed by atoms with E-state index >= 15 is 0 Å². The molecule has 1 aliphatic rings. The van der Waals surface area contributed by atoms with Crippen LogP contribution in [0.1, 0.15) is 46.9 Å². The van der Waals surface area contributed by atoms with Crippen molar-refractivity contribution >= 4 is 29.3 Å². The number of fused-ring (bicyclic) bond motifs is 1. The van der Waals surface area contributed by atoms with E-state index in [-0.39, 0.29) is 48.0 Å². The highest BCUT2D eigenvalue weighted by atomic mass is 16.6. The minimum atomic E-state index is -0.631. The molecule has 0 unspecified atom stereocenters. The van der Waals surface area contributed by atoms with Crippen LogP contribution in [0.15, 0.2) is 18.2 Å². The van der Waals surface area contributed by atoms with Crippen LogP contribution >= 0.6 is 0 Å². The number of benzene rings is 1. The molecule has 1 heterocycles. The topological polar surface area (TPSA) is 139 Å². The summed E-state index contributed by atoms with van der Waals surface area (Å²) in [6.07, 6.45) is 0.743. The fourth-order valence-electron chi connectivity index (χ4n) is 2.61. The van der Waals surface area contributed by atoms with Crippen LogP contribution in [0.5, 0.6) is 0 Å². The van der Waals surface area contributed by atoms with Gasteiger partial charge in [-0.3, -0.25) is 34.2 Å². The molecule has 1 aromatic carbocycles. The minimum absolute atomic E-state index is 0.00492. The molecule has 0 fully saturated rings. The summed E-state index contributed by atoms with van der Waals surface area (Å²) in [5.74, 6) is -1.47. The summed E-state index contributed by atoms with van der Waals surface area (Å²) in [6.45, 7) is 2.39. The molecule has 0 spiro atoms. The van der Waals surface area contributed by atoms with Crippen LogP contribution in [0.3, 0.4) is 0 Å². The zero-order valence-electron chi connectivity index (χ0n) is 14.8. The Morgan fingerprint density at radius 1 is 1.07 bits per heavy atom. The molecule has 0 bridgehead atoms. The molecule has 27 heavy (non-hydrogen) atoms.